The molecule has 1 aliphatic heterocycles. The molecule has 176 valence electrons. The van der Waals surface area contributed by atoms with Crippen molar-refractivity contribution < 1.29 is 29.4 Å². The molecule has 0 aromatic heterocycles. The molecule has 0 unspecified atom stereocenters. The van der Waals surface area contributed by atoms with Crippen LogP contribution >= 0.6 is 0 Å². The Labute approximate surface area is 187 Å². The van der Waals surface area contributed by atoms with Crippen LogP contribution in [-0.2, 0) is 25.6 Å². The minimum Gasteiger partial charge on any atom is -0.481 e. The summed E-state index contributed by atoms with van der Waals surface area (Å²) in [6, 6.07) is 6.39. The second-order valence-electron chi connectivity index (χ2n) is 7.85. The first kappa shape index (κ1) is 25.3. The highest BCUT2D eigenvalue weighted by atomic mass is 16.4. The number of carbonyl (C=O) groups is 4. The lowest BCUT2D eigenvalue weighted by atomic mass is 10.0. The van der Waals surface area contributed by atoms with Gasteiger partial charge in [0.1, 0.15) is 12.1 Å². The van der Waals surface area contributed by atoms with Gasteiger partial charge in [-0.2, -0.15) is 0 Å². The van der Waals surface area contributed by atoms with Gasteiger partial charge in [-0.3, -0.25) is 19.3 Å². The van der Waals surface area contributed by atoms with Gasteiger partial charge in [-0.1, -0.05) is 37.3 Å². The highest BCUT2D eigenvalue weighted by Crippen LogP contribution is 2.11. The Bertz CT molecular complexity index is 782. The SMILES string of the molecule is CCN(CC(=O)N[C@@H](CC(=O)O)C(=O)N[C@@H](Cc1ccccc1)C(=O)O)C1CCNCC1. The van der Waals surface area contributed by atoms with E-state index in [2.05, 4.69) is 16.0 Å². The second kappa shape index (κ2) is 12.8. The van der Waals surface area contributed by atoms with Gasteiger partial charge >= 0.3 is 11.9 Å². The summed E-state index contributed by atoms with van der Waals surface area (Å²) in [4.78, 5) is 50.2. The maximum atomic E-state index is 12.7. The smallest absolute Gasteiger partial charge is 0.326 e. The summed E-state index contributed by atoms with van der Waals surface area (Å²) in [5, 5.41) is 26.8. The van der Waals surface area contributed by atoms with E-state index in [1.54, 1.807) is 30.3 Å². The summed E-state index contributed by atoms with van der Waals surface area (Å²) in [5.74, 6) is -3.83. The van der Waals surface area contributed by atoms with Gasteiger partial charge in [0.2, 0.25) is 11.8 Å². The number of hydrogen-bond acceptors (Lipinski definition) is 6. The molecule has 1 aromatic rings. The number of rotatable bonds is 12. The first-order chi connectivity index (χ1) is 15.3. The Morgan fingerprint density at radius 1 is 1.06 bits per heavy atom. The Hall–Kier alpha value is -2.98. The van der Waals surface area contributed by atoms with Crippen molar-refractivity contribution in [3.8, 4) is 0 Å². The fourth-order valence-corrected chi connectivity index (χ4v) is 3.80. The van der Waals surface area contributed by atoms with E-state index in [0.717, 1.165) is 25.9 Å². The van der Waals surface area contributed by atoms with Crippen LogP contribution in [0, 0.1) is 0 Å². The lowest BCUT2D eigenvalue weighted by Gasteiger charge is -2.33. The van der Waals surface area contributed by atoms with Crippen molar-refractivity contribution in [3.63, 3.8) is 0 Å². The fourth-order valence-electron chi connectivity index (χ4n) is 3.80. The van der Waals surface area contributed by atoms with Gasteiger partial charge in [-0.25, -0.2) is 4.79 Å². The first-order valence-electron chi connectivity index (χ1n) is 10.8. The Balaban J connectivity index is 2.01. The Morgan fingerprint density at radius 2 is 1.72 bits per heavy atom. The number of carboxylic acids is 2. The van der Waals surface area contributed by atoms with Gasteiger partial charge in [0, 0.05) is 12.5 Å². The fraction of sp³-hybridized carbons (Fsp3) is 0.545. The highest BCUT2D eigenvalue weighted by Gasteiger charge is 2.29. The molecule has 0 radical (unpaired) electrons. The number of aliphatic carboxylic acids is 2. The molecular weight excluding hydrogens is 416 g/mol. The molecule has 0 bridgehead atoms. The average molecular weight is 449 g/mol. The van der Waals surface area contributed by atoms with E-state index in [-0.39, 0.29) is 19.0 Å². The number of likely N-dealkylation sites (N-methyl/N-ethyl adjacent to an activating group) is 1. The highest BCUT2D eigenvalue weighted by molar-refractivity contribution is 5.93. The van der Waals surface area contributed by atoms with Crippen LogP contribution in [0.1, 0.15) is 31.7 Å². The summed E-state index contributed by atoms with van der Waals surface area (Å²) in [5.41, 5.74) is 0.708. The minimum atomic E-state index is -1.37. The van der Waals surface area contributed by atoms with Crippen molar-refractivity contribution in [1.29, 1.82) is 0 Å². The van der Waals surface area contributed by atoms with E-state index in [9.17, 15) is 29.4 Å². The minimum absolute atomic E-state index is 0.0367. The number of piperidine rings is 1. The molecule has 0 spiro atoms. The van der Waals surface area contributed by atoms with E-state index in [1.807, 2.05) is 11.8 Å². The van der Waals surface area contributed by atoms with Crippen molar-refractivity contribution in [2.45, 2.75) is 50.7 Å². The molecule has 1 aromatic carbocycles. The molecule has 10 heteroatoms. The third-order valence-corrected chi connectivity index (χ3v) is 5.51. The predicted molar refractivity (Wildman–Crippen MR) is 117 cm³/mol. The molecule has 1 saturated heterocycles. The lowest BCUT2D eigenvalue weighted by Crippen LogP contribution is -2.55. The van der Waals surface area contributed by atoms with Crippen molar-refractivity contribution in [2.24, 2.45) is 0 Å². The molecule has 1 aliphatic rings. The average Bonchev–Trinajstić information content (AvgIpc) is 2.77. The van der Waals surface area contributed by atoms with Gasteiger partial charge in [0.25, 0.3) is 0 Å². The van der Waals surface area contributed by atoms with E-state index in [4.69, 9.17) is 0 Å². The van der Waals surface area contributed by atoms with Crippen molar-refractivity contribution in [2.75, 3.05) is 26.2 Å². The van der Waals surface area contributed by atoms with Gasteiger partial charge in [-0.15, -0.1) is 0 Å². The van der Waals surface area contributed by atoms with Crippen LogP contribution < -0.4 is 16.0 Å². The number of nitrogens with one attached hydrogen (secondary N) is 3. The maximum Gasteiger partial charge on any atom is 0.326 e. The third kappa shape index (κ3) is 8.27. The zero-order chi connectivity index (χ0) is 23.5. The molecule has 32 heavy (non-hydrogen) atoms. The van der Waals surface area contributed by atoms with Crippen molar-refractivity contribution >= 4 is 23.8 Å². The molecule has 1 heterocycles. The molecule has 10 nitrogen and oxygen atoms in total. The number of hydrogen-bond donors (Lipinski definition) is 5. The molecule has 0 aliphatic carbocycles. The van der Waals surface area contributed by atoms with E-state index >= 15 is 0 Å². The number of carboxylic acid groups (broad SMARTS) is 2. The van der Waals surface area contributed by atoms with Gasteiger partial charge in [-0.05, 0) is 38.0 Å². The maximum absolute atomic E-state index is 12.7. The van der Waals surface area contributed by atoms with Crippen LogP contribution in [0.3, 0.4) is 0 Å². The quantitative estimate of drug-likeness (QED) is 0.296. The normalized spacial score (nSPS) is 16.2. The number of amides is 2. The first-order valence-corrected chi connectivity index (χ1v) is 10.8. The van der Waals surface area contributed by atoms with E-state index < -0.39 is 42.3 Å². The van der Waals surface area contributed by atoms with Crippen LogP contribution in [0.15, 0.2) is 30.3 Å². The molecule has 1 fully saturated rings. The lowest BCUT2D eigenvalue weighted by molar-refractivity contribution is -0.143. The zero-order valence-corrected chi connectivity index (χ0v) is 18.3. The van der Waals surface area contributed by atoms with Gasteiger partial charge < -0.3 is 26.2 Å². The summed E-state index contributed by atoms with van der Waals surface area (Å²) in [7, 11) is 0. The van der Waals surface area contributed by atoms with Crippen LogP contribution in [0.2, 0.25) is 0 Å². The number of benzene rings is 1. The summed E-state index contributed by atoms with van der Waals surface area (Å²) in [6.45, 7) is 4.36. The van der Waals surface area contributed by atoms with E-state index in [0.29, 0.717) is 12.1 Å². The van der Waals surface area contributed by atoms with Crippen LogP contribution in [0.25, 0.3) is 0 Å². The molecular formula is C22H32N4O6. The Kier molecular flexibility index (Phi) is 10.1. The molecule has 2 rings (SSSR count). The topological polar surface area (TPSA) is 148 Å². The molecule has 2 amide bonds. The molecule has 5 N–H and O–H groups in total. The van der Waals surface area contributed by atoms with Crippen molar-refractivity contribution in [1.82, 2.24) is 20.9 Å². The van der Waals surface area contributed by atoms with Gasteiger partial charge in [0.05, 0.1) is 13.0 Å². The summed E-state index contributed by atoms with van der Waals surface area (Å²) >= 11 is 0. The van der Waals surface area contributed by atoms with Crippen LogP contribution in [0.4, 0.5) is 0 Å². The number of carbonyl (C=O) groups excluding carboxylic acids is 2. The molecule has 2 atom stereocenters. The second-order valence-corrected chi connectivity index (χ2v) is 7.85. The Morgan fingerprint density at radius 3 is 2.28 bits per heavy atom. The van der Waals surface area contributed by atoms with Gasteiger partial charge in [0.15, 0.2) is 0 Å². The monoisotopic (exact) mass is 448 g/mol. The zero-order valence-electron chi connectivity index (χ0n) is 18.3. The van der Waals surface area contributed by atoms with Crippen LogP contribution in [0.5, 0.6) is 0 Å². The summed E-state index contributed by atoms with van der Waals surface area (Å²) in [6.07, 6.45) is 1.20. The van der Waals surface area contributed by atoms with E-state index in [1.165, 1.54) is 0 Å². The molecule has 0 saturated carbocycles. The third-order valence-electron chi connectivity index (χ3n) is 5.51. The van der Waals surface area contributed by atoms with Crippen molar-refractivity contribution in [3.05, 3.63) is 35.9 Å². The van der Waals surface area contributed by atoms with Crippen LogP contribution in [-0.4, -0.2) is 83.2 Å². The standard InChI is InChI=1S/C22H32N4O6/c1-2-26(16-8-10-23-11-9-16)14-19(27)24-17(13-20(28)29)21(30)25-18(22(31)32)12-15-6-4-3-5-7-15/h3-7,16-18,23H,2,8-14H2,1H3,(H,24,27)(H,25,30)(H,28,29)(H,31,32)/t17-,18-/m0/s1. The largest absolute Gasteiger partial charge is 0.481 e. The summed E-state index contributed by atoms with van der Waals surface area (Å²) < 4.78 is 0. The number of nitrogens with zero attached hydrogens (tertiary/aromatic N) is 1. The predicted octanol–water partition coefficient (Wildman–Crippen LogP) is -0.168.